The molecule has 0 aliphatic carbocycles. The van der Waals surface area contributed by atoms with Crippen molar-refractivity contribution in [2.24, 2.45) is 10.7 Å². The lowest BCUT2D eigenvalue weighted by molar-refractivity contribution is 0.373. The number of nitrogens with zero attached hydrogens (tertiary/aromatic N) is 1. The molecule has 0 radical (unpaired) electrons. The Morgan fingerprint density at radius 1 is 1.24 bits per heavy atom. The van der Waals surface area contributed by atoms with Crippen LogP contribution >= 0.6 is 0 Å². The normalized spacial score (nSPS) is 12.7. The minimum atomic E-state index is 0.136. The first-order chi connectivity index (χ1) is 12.0. The van der Waals surface area contributed by atoms with Crippen molar-refractivity contribution in [1.29, 1.82) is 0 Å². The molecule has 2 aromatic carbocycles. The van der Waals surface area contributed by atoms with Crippen LogP contribution in [0.1, 0.15) is 37.3 Å². The van der Waals surface area contributed by atoms with Gasteiger partial charge in [-0.15, -0.1) is 0 Å². The van der Waals surface area contributed by atoms with E-state index in [1.165, 1.54) is 12.7 Å². The highest BCUT2D eigenvalue weighted by Gasteiger charge is 2.04. The van der Waals surface area contributed by atoms with Gasteiger partial charge in [0, 0.05) is 12.2 Å². The summed E-state index contributed by atoms with van der Waals surface area (Å²) in [7, 11) is 1.53. The molecule has 5 heteroatoms. The van der Waals surface area contributed by atoms with Gasteiger partial charge in [-0.1, -0.05) is 32.0 Å². The summed E-state index contributed by atoms with van der Waals surface area (Å²) < 4.78 is 5.10. The average Bonchev–Trinajstić information content (AvgIpc) is 2.63. The van der Waals surface area contributed by atoms with E-state index in [2.05, 4.69) is 36.3 Å². The number of hydrogen-bond donors (Lipinski definition) is 3. The quantitative estimate of drug-likeness (QED) is 0.527. The summed E-state index contributed by atoms with van der Waals surface area (Å²) in [5.74, 6) is 1.55. The predicted octanol–water partition coefficient (Wildman–Crippen LogP) is 3.88. The number of rotatable bonds is 7. The fraction of sp³-hybridized carbons (Fsp3) is 0.350. The number of phenolic OH excluding ortho intramolecular Hbond substituents is 1. The Labute approximate surface area is 149 Å². The van der Waals surface area contributed by atoms with Gasteiger partial charge in [0.1, 0.15) is 0 Å². The number of nitrogens with one attached hydrogen (secondary N) is 1. The number of aliphatic imine (C=N–C) groups is 1. The van der Waals surface area contributed by atoms with Gasteiger partial charge in [0.25, 0.3) is 0 Å². The lowest BCUT2D eigenvalue weighted by Gasteiger charge is -2.11. The molecular formula is C20H27N3O2. The van der Waals surface area contributed by atoms with Gasteiger partial charge in [-0.2, -0.15) is 0 Å². The fourth-order valence-electron chi connectivity index (χ4n) is 2.50. The number of benzene rings is 2. The molecule has 0 saturated heterocycles. The first-order valence-corrected chi connectivity index (χ1v) is 8.56. The van der Waals surface area contributed by atoms with Gasteiger partial charge in [-0.3, -0.25) is 4.99 Å². The van der Waals surface area contributed by atoms with Crippen molar-refractivity contribution in [2.45, 2.75) is 32.6 Å². The summed E-state index contributed by atoms with van der Waals surface area (Å²) in [6, 6.07) is 13.6. The SMILES string of the molecule is CCC(C)c1ccc(NC(N)=NCCc2ccc(O)c(OC)c2)cc1. The topological polar surface area (TPSA) is 79.9 Å². The third-order valence-electron chi connectivity index (χ3n) is 4.29. The van der Waals surface area contributed by atoms with Crippen LogP contribution in [0.4, 0.5) is 5.69 Å². The molecule has 2 aromatic rings. The highest BCUT2D eigenvalue weighted by molar-refractivity contribution is 5.92. The van der Waals surface area contributed by atoms with Crippen molar-refractivity contribution < 1.29 is 9.84 Å². The Balaban J connectivity index is 1.89. The van der Waals surface area contributed by atoms with Crippen LogP contribution in [0.25, 0.3) is 0 Å². The van der Waals surface area contributed by atoms with Crippen LogP contribution in [0, 0.1) is 0 Å². The maximum atomic E-state index is 9.60. The van der Waals surface area contributed by atoms with Crippen LogP contribution in [0.2, 0.25) is 0 Å². The summed E-state index contributed by atoms with van der Waals surface area (Å²) in [4.78, 5) is 4.35. The van der Waals surface area contributed by atoms with Gasteiger partial charge in [0.05, 0.1) is 7.11 Å². The predicted molar refractivity (Wildman–Crippen MR) is 104 cm³/mol. The minimum absolute atomic E-state index is 0.136. The molecular weight excluding hydrogens is 314 g/mol. The first-order valence-electron chi connectivity index (χ1n) is 8.56. The number of phenols is 1. The molecule has 1 atom stereocenters. The largest absolute Gasteiger partial charge is 0.504 e. The van der Waals surface area contributed by atoms with Crippen LogP contribution in [-0.4, -0.2) is 24.7 Å². The lowest BCUT2D eigenvalue weighted by atomic mass is 9.99. The molecule has 5 nitrogen and oxygen atoms in total. The zero-order valence-corrected chi connectivity index (χ0v) is 15.1. The van der Waals surface area contributed by atoms with E-state index in [4.69, 9.17) is 10.5 Å². The molecule has 0 aliphatic heterocycles. The van der Waals surface area contributed by atoms with Crippen LogP contribution < -0.4 is 15.8 Å². The molecule has 4 N–H and O–H groups in total. The molecule has 0 aromatic heterocycles. The van der Waals surface area contributed by atoms with Gasteiger partial charge in [-0.25, -0.2) is 0 Å². The van der Waals surface area contributed by atoms with Crippen molar-refractivity contribution in [1.82, 2.24) is 0 Å². The lowest BCUT2D eigenvalue weighted by Crippen LogP contribution is -2.23. The molecule has 134 valence electrons. The number of guanidine groups is 1. The third-order valence-corrected chi connectivity index (χ3v) is 4.29. The molecule has 0 bridgehead atoms. The van der Waals surface area contributed by atoms with Crippen molar-refractivity contribution >= 4 is 11.6 Å². The Bertz CT molecular complexity index is 711. The van der Waals surface area contributed by atoms with Gasteiger partial charge < -0.3 is 20.9 Å². The van der Waals surface area contributed by atoms with Gasteiger partial charge in [-0.05, 0) is 54.2 Å². The smallest absolute Gasteiger partial charge is 0.193 e. The van der Waals surface area contributed by atoms with Crippen LogP contribution in [0.3, 0.4) is 0 Å². The summed E-state index contributed by atoms with van der Waals surface area (Å²) in [5.41, 5.74) is 9.23. The van der Waals surface area contributed by atoms with Crippen LogP contribution in [-0.2, 0) is 6.42 Å². The molecule has 0 aliphatic rings. The van der Waals surface area contributed by atoms with E-state index in [0.29, 0.717) is 30.6 Å². The standard InChI is InChI=1S/C20H27N3O2/c1-4-14(2)16-6-8-17(9-7-16)23-20(21)22-12-11-15-5-10-18(24)19(13-15)25-3/h5-10,13-14,24H,4,11-12H2,1-3H3,(H3,21,22,23). The zero-order chi connectivity index (χ0) is 18.2. The van der Waals surface area contributed by atoms with Gasteiger partial charge >= 0.3 is 0 Å². The number of methoxy groups -OCH3 is 1. The number of anilines is 1. The zero-order valence-electron chi connectivity index (χ0n) is 15.1. The van der Waals surface area contributed by atoms with E-state index in [1.54, 1.807) is 6.07 Å². The highest BCUT2D eigenvalue weighted by Crippen LogP contribution is 2.26. The summed E-state index contributed by atoms with van der Waals surface area (Å²) >= 11 is 0. The van der Waals surface area contributed by atoms with Crippen molar-refractivity contribution in [3.8, 4) is 11.5 Å². The van der Waals surface area contributed by atoms with Crippen molar-refractivity contribution in [2.75, 3.05) is 19.0 Å². The molecule has 0 saturated carbocycles. The second kappa shape index (κ2) is 8.97. The Morgan fingerprint density at radius 3 is 2.60 bits per heavy atom. The van der Waals surface area contributed by atoms with E-state index >= 15 is 0 Å². The van der Waals surface area contributed by atoms with Gasteiger partial charge in [0.2, 0.25) is 0 Å². The number of ether oxygens (including phenoxy) is 1. The van der Waals surface area contributed by atoms with Crippen molar-refractivity contribution in [3.63, 3.8) is 0 Å². The Morgan fingerprint density at radius 2 is 1.96 bits per heavy atom. The molecule has 0 spiro atoms. The van der Waals surface area contributed by atoms with E-state index < -0.39 is 0 Å². The van der Waals surface area contributed by atoms with Gasteiger partial charge in [0.15, 0.2) is 17.5 Å². The Hall–Kier alpha value is -2.69. The highest BCUT2D eigenvalue weighted by atomic mass is 16.5. The first kappa shape index (κ1) is 18.6. The monoisotopic (exact) mass is 341 g/mol. The van der Waals surface area contributed by atoms with Crippen LogP contribution in [0.5, 0.6) is 11.5 Å². The summed E-state index contributed by atoms with van der Waals surface area (Å²) in [5, 5.41) is 12.7. The molecule has 1 unspecified atom stereocenters. The fourth-order valence-corrected chi connectivity index (χ4v) is 2.50. The number of hydrogen-bond acceptors (Lipinski definition) is 3. The average molecular weight is 341 g/mol. The third kappa shape index (κ3) is 5.41. The molecule has 0 amide bonds. The maximum Gasteiger partial charge on any atom is 0.193 e. The number of nitrogens with two attached hydrogens (primary N) is 1. The number of aromatic hydroxyl groups is 1. The molecule has 0 fully saturated rings. The molecule has 25 heavy (non-hydrogen) atoms. The molecule has 2 rings (SSSR count). The van der Waals surface area contributed by atoms with Crippen molar-refractivity contribution in [3.05, 3.63) is 53.6 Å². The van der Waals surface area contributed by atoms with Crippen LogP contribution in [0.15, 0.2) is 47.5 Å². The Kier molecular flexibility index (Phi) is 6.69. The second-order valence-electron chi connectivity index (χ2n) is 6.08. The van der Waals surface area contributed by atoms with E-state index in [0.717, 1.165) is 17.7 Å². The van der Waals surface area contributed by atoms with E-state index in [9.17, 15) is 5.11 Å². The minimum Gasteiger partial charge on any atom is -0.504 e. The summed E-state index contributed by atoms with van der Waals surface area (Å²) in [6.07, 6.45) is 1.84. The second-order valence-corrected chi connectivity index (χ2v) is 6.08. The maximum absolute atomic E-state index is 9.60. The summed E-state index contributed by atoms with van der Waals surface area (Å²) in [6.45, 7) is 4.96. The van der Waals surface area contributed by atoms with E-state index in [1.807, 2.05) is 24.3 Å². The van der Waals surface area contributed by atoms with E-state index in [-0.39, 0.29) is 5.75 Å². The molecule has 0 heterocycles.